The summed E-state index contributed by atoms with van der Waals surface area (Å²) in [5.41, 5.74) is 5.80. The molecule has 156 valence electrons. The van der Waals surface area contributed by atoms with E-state index in [1.807, 2.05) is 39.0 Å². The van der Waals surface area contributed by atoms with E-state index in [-0.39, 0.29) is 25.4 Å². The molecule has 0 amide bonds. The summed E-state index contributed by atoms with van der Waals surface area (Å²) in [4.78, 5) is 50.0. The van der Waals surface area contributed by atoms with Gasteiger partial charge in [0.15, 0.2) is 6.61 Å². The number of nitrogen functional groups attached to an aromatic ring is 1. The lowest BCUT2D eigenvalue weighted by molar-refractivity contribution is -0.143. The topological polar surface area (TPSA) is 133 Å². The molecular weight excluding hydrogens is 378 g/mol. The van der Waals surface area contributed by atoms with E-state index in [1.54, 1.807) is 0 Å². The fourth-order valence-corrected chi connectivity index (χ4v) is 2.70. The van der Waals surface area contributed by atoms with Crippen LogP contribution in [0.3, 0.4) is 0 Å². The third-order valence-electron chi connectivity index (χ3n) is 4.24. The zero-order chi connectivity index (χ0) is 21.6. The SMILES string of the molecule is CCCn1c(N)c(C(=O)COC(=O)CCOc2cc(C)ccc2C)c(=O)[nH]c1=O. The van der Waals surface area contributed by atoms with Crippen molar-refractivity contribution in [2.24, 2.45) is 0 Å². The first-order valence-electron chi connectivity index (χ1n) is 9.26. The second-order valence-electron chi connectivity index (χ2n) is 6.62. The molecule has 2 rings (SSSR count). The normalized spacial score (nSPS) is 10.6. The number of ether oxygens (including phenoxy) is 2. The molecule has 2 aromatic rings. The summed E-state index contributed by atoms with van der Waals surface area (Å²) in [7, 11) is 0. The number of ketones is 1. The minimum atomic E-state index is -0.904. The fourth-order valence-electron chi connectivity index (χ4n) is 2.70. The highest BCUT2D eigenvalue weighted by Crippen LogP contribution is 2.19. The quantitative estimate of drug-likeness (QED) is 0.477. The number of nitrogens with zero attached hydrogens (tertiary/aromatic N) is 1. The molecule has 0 bridgehead atoms. The molecule has 29 heavy (non-hydrogen) atoms. The Morgan fingerprint density at radius 2 is 1.93 bits per heavy atom. The lowest BCUT2D eigenvalue weighted by atomic mass is 10.1. The molecule has 0 atom stereocenters. The second-order valence-corrected chi connectivity index (χ2v) is 6.62. The van der Waals surface area contributed by atoms with Crippen molar-refractivity contribution in [1.29, 1.82) is 0 Å². The van der Waals surface area contributed by atoms with E-state index >= 15 is 0 Å². The molecule has 0 saturated heterocycles. The number of benzene rings is 1. The van der Waals surface area contributed by atoms with Crippen LogP contribution < -0.4 is 21.7 Å². The van der Waals surface area contributed by atoms with Gasteiger partial charge in [0.25, 0.3) is 5.56 Å². The molecule has 1 aromatic heterocycles. The summed E-state index contributed by atoms with van der Waals surface area (Å²) in [6, 6.07) is 5.74. The number of hydrogen-bond donors (Lipinski definition) is 2. The molecule has 1 heterocycles. The number of anilines is 1. The highest BCUT2D eigenvalue weighted by atomic mass is 16.5. The van der Waals surface area contributed by atoms with E-state index < -0.39 is 35.2 Å². The third kappa shape index (κ3) is 5.56. The number of rotatable bonds is 9. The maximum absolute atomic E-state index is 12.3. The summed E-state index contributed by atoms with van der Waals surface area (Å²) in [5.74, 6) is -0.996. The first kappa shape index (κ1) is 21.9. The van der Waals surface area contributed by atoms with E-state index in [2.05, 4.69) is 4.98 Å². The highest BCUT2D eigenvalue weighted by Gasteiger charge is 2.20. The Morgan fingerprint density at radius 3 is 2.62 bits per heavy atom. The van der Waals surface area contributed by atoms with Crippen LogP contribution in [0.25, 0.3) is 0 Å². The molecule has 3 N–H and O–H groups in total. The van der Waals surface area contributed by atoms with Gasteiger partial charge in [0.05, 0.1) is 13.0 Å². The Hall–Kier alpha value is -3.36. The minimum absolute atomic E-state index is 0.0676. The summed E-state index contributed by atoms with van der Waals surface area (Å²) in [6.07, 6.45) is 0.515. The van der Waals surface area contributed by atoms with Gasteiger partial charge in [0.1, 0.15) is 17.1 Å². The van der Waals surface area contributed by atoms with Crippen molar-refractivity contribution in [2.45, 2.75) is 40.2 Å². The lowest BCUT2D eigenvalue weighted by Gasteiger charge is -2.12. The maximum atomic E-state index is 12.3. The van der Waals surface area contributed by atoms with Crippen molar-refractivity contribution in [2.75, 3.05) is 18.9 Å². The van der Waals surface area contributed by atoms with Crippen LogP contribution in [0.2, 0.25) is 0 Å². The van der Waals surface area contributed by atoms with E-state index in [4.69, 9.17) is 15.2 Å². The van der Waals surface area contributed by atoms with E-state index in [0.717, 1.165) is 15.7 Å². The first-order valence-corrected chi connectivity index (χ1v) is 9.26. The van der Waals surface area contributed by atoms with Gasteiger partial charge in [-0.15, -0.1) is 0 Å². The Morgan fingerprint density at radius 1 is 1.21 bits per heavy atom. The molecule has 9 nitrogen and oxygen atoms in total. The minimum Gasteiger partial charge on any atom is -0.493 e. The average Bonchev–Trinajstić information content (AvgIpc) is 2.66. The van der Waals surface area contributed by atoms with Crippen molar-refractivity contribution in [3.8, 4) is 5.75 Å². The number of aromatic amines is 1. The summed E-state index contributed by atoms with van der Waals surface area (Å²) >= 11 is 0. The monoisotopic (exact) mass is 403 g/mol. The molecule has 1 aromatic carbocycles. The van der Waals surface area contributed by atoms with Gasteiger partial charge in [-0.05, 0) is 37.5 Å². The number of nitrogens with one attached hydrogen (secondary N) is 1. The Labute approximate surface area is 167 Å². The van der Waals surface area contributed by atoms with Crippen LogP contribution in [-0.2, 0) is 16.1 Å². The van der Waals surface area contributed by atoms with Crippen LogP contribution in [0.1, 0.15) is 41.3 Å². The third-order valence-corrected chi connectivity index (χ3v) is 4.24. The Bertz CT molecular complexity index is 1020. The van der Waals surface area contributed by atoms with Gasteiger partial charge in [0, 0.05) is 6.54 Å². The smallest absolute Gasteiger partial charge is 0.329 e. The number of esters is 1. The zero-order valence-corrected chi connectivity index (χ0v) is 16.7. The number of aryl methyl sites for hydroxylation is 2. The molecular formula is C20H25N3O6. The summed E-state index contributed by atoms with van der Waals surface area (Å²) in [5, 5.41) is 0. The van der Waals surface area contributed by atoms with Crippen LogP contribution in [0.5, 0.6) is 5.75 Å². The summed E-state index contributed by atoms with van der Waals surface area (Å²) in [6.45, 7) is 5.33. The standard InChI is InChI=1S/C20H25N3O6/c1-4-8-23-18(21)17(19(26)22-20(23)27)14(24)11-29-16(25)7-9-28-15-10-12(2)5-6-13(15)3/h5-6,10H,4,7-9,11,21H2,1-3H3,(H,22,26,27). The van der Waals surface area contributed by atoms with Gasteiger partial charge >= 0.3 is 11.7 Å². The largest absolute Gasteiger partial charge is 0.493 e. The zero-order valence-electron chi connectivity index (χ0n) is 16.7. The van der Waals surface area contributed by atoms with Gasteiger partial charge in [-0.25, -0.2) is 4.79 Å². The predicted molar refractivity (Wildman–Crippen MR) is 107 cm³/mol. The van der Waals surface area contributed by atoms with Gasteiger partial charge in [-0.3, -0.25) is 23.9 Å². The number of carbonyl (C=O) groups excluding carboxylic acids is 2. The predicted octanol–water partition coefficient (Wildman–Crippen LogP) is 1.34. The molecule has 0 aliphatic heterocycles. The maximum Gasteiger partial charge on any atom is 0.329 e. The van der Waals surface area contributed by atoms with Crippen LogP contribution in [-0.4, -0.2) is 34.5 Å². The number of H-pyrrole nitrogens is 1. The molecule has 0 fully saturated rings. The Kier molecular flexibility index (Phi) is 7.35. The first-order chi connectivity index (χ1) is 13.7. The number of carbonyl (C=O) groups is 2. The van der Waals surface area contributed by atoms with Crippen LogP contribution >= 0.6 is 0 Å². The number of aromatic nitrogens is 2. The van der Waals surface area contributed by atoms with Gasteiger partial charge < -0.3 is 15.2 Å². The second kappa shape index (κ2) is 9.72. The number of hydrogen-bond acceptors (Lipinski definition) is 7. The van der Waals surface area contributed by atoms with E-state index in [0.29, 0.717) is 12.2 Å². The molecule has 0 saturated carbocycles. The molecule has 9 heteroatoms. The average molecular weight is 403 g/mol. The molecule has 0 unspecified atom stereocenters. The summed E-state index contributed by atoms with van der Waals surface area (Å²) < 4.78 is 11.6. The van der Waals surface area contributed by atoms with Gasteiger partial charge in [0.2, 0.25) is 5.78 Å². The van der Waals surface area contributed by atoms with Crippen molar-refractivity contribution < 1.29 is 19.1 Å². The lowest BCUT2D eigenvalue weighted by Crippen LogP contribution is -2.37. The highest BCUT2D eigenvalue weighted by molar-refractivity contribution is 6.01. The number of nitrogens with two attached hydrogens (primary N) is 1. The van der Waals surface area contributed by atoms with Crippen LogP contribution in [0, 0.1) is 13.8 Å². The van der Waals surface area contributed by atoms with E-state index in [9.17, 15) is 19.2 Å². The molecule has 0 radical (unpaired) electrons. The van der Waals surface area contributed by atoms with Crippen LogP contribution in [0.4, 0.5) is 5.82 Å². The molecule has 0 spiro atoms. The van der Waals surface area contributed by atoms with Crippen molar-refractivity contribution >= 4 is 17.6 Å². The van der Waals surface area contributed by atoms with Gasteiger partial charge in [-0.2, -0.15) is 0 Å². The van der Waals surface area contributed by atoms with E-state index in [1.165, 1.54) is 0 Å². The van der Waals surface area contributed by atoms with Gasteiger partial charge in [-0.1, -0.05) is 19.1 Å². The van der Waals surface area contributed by atoms with Crippen molar-refractivity contribution in [1.82, 2.24) is 9.55 Å². The number of Topliss-reactive ketones (excluding diaryl/α,β-unsaturated/α-hetero) is 1. The molecule has 0 aliphatic rings. The fraction of sp³-hybridized carbons (Fsp3) is 0.400. The van der Waals surface area contributed by atoms with Crippen molar-refractivity contribution in [3.63, 3.8) is 0 Å². The van der Waals surface area contributed by atoms with Crippen molar-refractivity contribution in [3.05, 3.63) is 55.7 Å². The van der Waals surface area contributed by atoms with Crippen LogP contribution in [0.15, 0.2) is 27.8 Å². The Balaban J connectivity index is 1.94. The molecule has 0 aliphatic carbocycles.